The highest BCUT2D eigenvalue weighted by molar-refractivity contribution is 5.81. The predicted octanol–water partition coefficient (Wildman–Crippen LogP) is 1.34. The Hall–Kier alpha value is -0.750. The molecular weight excluding hydrogens is 232 g/mol. The van der Waals surface area contributed by atoms with Gasteiger partial charge in [-0.25, -0.2) is 8.78 Å². The van der Waals surface area contributed by atoms with Crippen LogP contribution in [0, 0.1) is 0 Å². The van der Waals surface area contributed by atoms with Gasteiger partial charge in [0.25, 0.3) is 6.43 Å². The molecule has 100 valence electrons. The molecule has 1 aliphatic carbocycles. The Morgan fingerprint density at radius 3 is 2.82 bits per heavy atom. The lowest BCUT2D eigenvalue weighted by Gasteiger charge is -2.26. The average Bonchev–Trinajstić information content (AvgIpc) is 2.71. The van der Waals surface area contributed by atoms with Crippen LogP contribution in [0.5, 0.6) is 0 Å². The van der Waals surface area contributed by atoms with Gasteiger partial charge in [0.05, 0.1) is 12.7 Å². The molecule has 0 spiro atoms. The molecule has 1 aliphatic rings. The van der Waals surface area contributed by atoms with E-state index in [2.05, 4.69) is 5.32 Å². The Kier molecular flexibility index (Phi) is 5.27. The summed E-state index contributed by atoms with van der Waals surface area (Å²) < 4.78 is 34.1. The van der Waals surface area contributed by atoms with Gasteiger partial charge in [-0.1, -0.05) is 0 Å². The van der Waals surface area contributed by atoms with Crippen molar-refractivity contribution >= 4 is 5.97 Å². The first-order valence-corrected chi connectivity index (χ1v) is 5.80. The summed E-state index contributed by atoms with van der Waals surface area (Å²) in [5, 5.41) is 2.94. The minimum Gasteiger partial charge on any atom is -0.465 e. The van der Waals surface area contributed by atoms with Gasteiger partial charge in [-0.3, -0.25) is 4.79 Å². The number of hydrogen-bond donors (Lipinski definition) is 1. The van der Waals surface area contributed by atoms with Crippen LogP contribution in [0.3, 0.4) is 0 Å². The van der Waals surface area contributed by atoms with Gasteiger partial charge in [0.2, 0.25) is 0 Å². The lowest BCUT2D eigenvalue weighted by Crippen LogP contribution is -2.49. The van der Waals surface area contributed by atoms with Crippen LogP contribution in [0.25, 0.3) is 0 Å². The zero-order valence-electron chi connectivity index (χ0n) is 10.2. The second kappa shape index (κ2) is 6.26. The summed E-state index contributed by atoms with van der Waals surface area (Å²) in [6, 6.07) is 0. The summed E-state index contributed by atoms with van der Waals surface area (Å²) in [5.41, 5.74) is -0.775. The Bertz CT molecular complexity index is 263. The predicted molar refractivity (Wildman–Crippen MR) is 58.0 cm³/mol. The third kappa shape index (κ3) is 3.61. The molecule has 1 saturated carbocycles. The summed E-state index contributed by atoms with van der Waals surface area (Å²) >= 11 is 0. The standard InChI is InChI=1S/C11H19F2NO3/c1-3-16-10(15)11(14-2)5-4-8(6-11)17-7-9(12)13/h8-9,14H,3-7H2,1-2H3. The number of nitrogens with one attached hydrogen (secondary N) is 1. The van der Waals surface area contributed by atoms with Crippen LogP contribution in [0.1, 0.15) is 26.2 Å². The molecule has 1 fully saturated rings. The first kappa shape index (κ1) is 14.3. The number of likely N-dealkylation sites (N-methyl/N-ethyl adjacent to an activating group) is 1. The molecule has 0 saturated heterocycles. The van der Waals surface area contributed by atoms with Gasteiger partial charge in [-0.2, -0.15) is 0 Å². The van der Waals surface area contributed by atoms with Crippen LogP contribution in [0.2, 0.25) is 0 Å². The van der Waals surface area contributed by atoms with E-state index >= 15 is 0 Å². The van der Waals surface area contributed by atoms with Gasteiger partial charge < -0.3 is 14.8 Å². The highest BCUT2D eigenvalue weighted by Gasteiger charge is 2.45. The van der Waals surface area contributed by atoms with Crippen molar-refractivity contribution in [3.05, 3.63) is 0 Å². The highest BCUT2D eigenvalue weighted by Crippen LogP contribution is 2.33. The number of alkyl halides is 2. The summed E-state index contributed by atoms with van der Waals surface area (Å²) in [7, 11) is 1.67. The largest absolute Gasteiger partial charge is 0.465 e. The fourth-order valence-electron chi connectivity index (χ4n) is 2.14. The molecule has 0 aromatic carbocycles. The molecule has 0 heterocycles. The smallest absolute Gasteiger partial charge is 0.326 e. The van der Waals surface area contributed by atoms with Crippen molar-refractivity contribution in [2.75, 3.05) is 20.3 Å². The van der Waals surface area contributed by atoms with E-state index in [1.165, 1.54) is 0 Å². The van der Waals surface area contributed by atoms with Crippen molar-refractivity contribution in [3.8, 4) is 0 Å². The van der Waals surface area contributed by atoms with Gasteiger partial charge in [0, 0.05) is 6.42 Å². The number of esters is 1. The minimum atomic E-state index is -2.47. The molecule has 6 heteroatoms. The topological polar surface area (TPSA) is 47.6 Å². The summed E-state index contributed by atoms with van der Waals surface area (Å²) in [6.07, 6.45) is -1.25. The Morgan fingerprint density at radius 2 is 2.29 bits per heavy atom. The van der Waals surface area contributed by atoms with E-state index in [0.717, 1.165) is 0 Å². The second-order valence-corrected chi connectivity index (χ2v) is 4.14. The highest BCUT2D eigenvalue weighted by atomic mass is 19.3. The number of rotatable bonds is 6. The quantitative estimate of drug-likeness (QED) is 0.724. The van der Waals surface area contributed by atoms with Crippen molar-refractivity contribution in [1.82, 2.24) is 5.32 Å². The van der Waals surface area contributed by atoms with Crippen LogP contribution in [-0.4, -0.2) is 44.3 Å². The number of carbonyl (C=O) groups excluding carboxylic acids is 1. The molecule has 0 bridgehead atoms. The third-order valence-corrected chi connectivity index (χ3v) is 3.07. The molecular formula is C11H19F2NO3. The van der Waals surface area contributed by atoms with E-state index in [1.54, 1.807) is 14.0 Å². The molecule has 2 atom stereocenters. The van der Waals surface area contributed by atoms with Crippen molar-refractivity contribution in [2.45, 2.75) is 44.3 Å². The van der Waals surface area contributed by atoms with Crippen LogP contribution >= 0.6 is 0 Å². The molecule has 1 rings (SSSR count). The maximum absolute atomic E-state index is 12.0. The number of carbonyl (C=O) groups is 1. The molecule has 4 nitrogen and oxygen atoms in total. The summed E-state index contributed by atoms with van der Waals surface area (Å²) in [4.78, 5) is 11.8. The van der Waals surface area contributed by atoms with E-state index in [4.69, 9.17) is 9.47 Å². The molecule has 1 N–H and O–H groups in total. The van der Waals surface area contributed by atoms with E-state index < -0.39 is 18.6 Å². The zero-order chi connectivity index (χ0) is 12.9. The second-order valence-electron chi connectivity index (χ2n) is 4.14. The summed E-state index contributed by atoms with van der Waals surface area (Å²) in [6.45, 7) is 1.47. The van der Waals surface area contributed by atoms with E-state index in [9.17, 15) is 13.6 Å². The number of hydrogen-bond acceptors (Lipinski definition) is 4. The molecule has 0 aliphatic heterocycles. The van der Waals surface area contributed by atoms with Crippen LogP contribution < -0.4 is 5.32 Å². The monoisotopic (exact) mass is 251 g/mol. The van der Waals surface area contributed by atoms with Crippen LogP contribution in [0.15, 0.2) is 0 Å². The Labute approximate surface area is 99.7 Å². The fraction of sp³-hybridized carbons (Fsp3) is 0.909. The molecule has 2 unspecified atom stereocenters. The maximum Gasteiger partial charge on any atom is 0.326 e. The molecule has 17 heavy (non-hydrogen) atoms. The van der Waals surface area contributed by atoms with Gasteiger partial charge in [-0.05, 0) is 26.8 Å². The first-order chi connectivity index (χ1) is 8.04. The third-order valence-electron chi connectivity index (χ3n) is 3.07. The van der Waals surface area contributed by atoms with Crippen molar-refractivity contribution in [2.24, 2.45) is 0 Å². The summed E-state index contributed by atoms with van der Waals surface area (Å²) in [5.74, 6) is -0.328. The van der Waals surface area contributed by atoms with Crippen molar-refractivity contribution < 1.29 is 23.0 Å². The molecule has 0 aromatic rings. The van der Waals surface area contributed by atoms with Gasteiger partial charge in [-0.15, -0.1) is 0 Å². The lowest BCUT2D eigenvalue weighted by molar-refractivity contribution is -0.151. The molecule has 0 amide bonds. The van der Waals surface area contributed by atoms with Crippen molar-refractivity contribution in [1.29, 1.82) is 0 Å². The maximum atomic E-state index is 12.0. The van der Waals surface area contributed by atoms with Gasteiger partial charge in [0.15, 0.2) is 0 Å². The van der Waals surface area contributed by atoms with Gasteiger partial charge >= 0.3 is 5.97 Å². The molecule has 0 radical (unpaired) electrons. The van der Waals surface area contributed by atoms with Crippen molar-refractivity contribution in [3.63, 3.8) is 0 Å². The SMILES string of the molecule is CCOC(=O)C1(NC)CCC(OCC(F)F)C1. The molecule has 0 aromatic heterocycles. The first-order valence-electron chi connectivity index (χ1n) is 5.80. The van der Waals surface area contributed by atoms with Gasteiger partial charge in [0.1, 0.15) is 12.1 Å². The minimum absolute atomic E-state index is 0.305. The average molecular weight is 251 g/mol. The Balaban J connectivity index is 2.51. The normalized spacial score (nSPS) is 28.6. The zero-order valence-corrected chi connectivity index (χ0v) is 10.2. The Morgan fingerprint density at radius 1 is 1.59 bits per heavy atom. The number of ether oxygens (including phenoxy) is 2. The van der Waals surface area contributed by atoms with Crippen LogP contribution in [-0.2, 0) is 14.3 Å². The van der Waals surface area contributed by atoms with E-state index in [1.807, 2.05) is 0 Å². The fourth-order valence-corrected chi connectivity index (χ4v) is 2.14. The lowest BCUT2D eigenvalue weighted by atomic mass is 9.98. The van der Waals surface area contributed by atoms with E-state index in [-0.39, 0.29) is 12.1 Å². The van der Waals surface area contributed by atoms with Crippen LogP contribution in [0.4, 0.5) is 8.78 Å². The number of halogens is 2. The van der Waals surface area contributed by atoms with E-state index in [0.29, 0.717) is 25.9 Å².